The maximum absolute atomic E-state index is 5.79. The second-order valence-corrected chi connectivity index (χ2v) is 5.26. The fraction of sp³-hybridized carbons (Fsp3) is 0.733. The Balaban J connectivity index is 1.74. The van der Waals surface area contributed by atoms with Gasteiger partial charge < -0.3 is 14.5 Å². The van der Waals surface area contributed by atoms with Crippen LogP contribution in [0.5, 0.6) is 0 Å². The van der Waals surface area contributed by atoms with E-state index in [1.807, 2.05) is 0 Å². The summed E-state index contributed by atoms with van der Waals surface area (Å²) in [5.74, 6) is 2.78. The Hall–Kier alpha value is -0.800. The molecule has 1 aliphatic carbocycles. The molecular formula is C15H25NO2. The average Bonchev–Trinajstić information content (AvgIpc) is 2.97. The minimum atomic E-state index is 0.615. The minimum Gasteiger partial charge on any atom is -0.462 e. The zero-order chi connectivity index (χ0) is 12.8. The van der Waals surface area contributed by atoms with E-state index in [1.54, 1.807) is 0 Å². The lowest BCUT2D eigenvalue weighted by Crippen LogP contribution is -2.11. The monoisotopic (exact) mass is 251 g/mol. The first-order valence-corrected chi connectivity index (χ1v) is 7.16. The molecule has 1 heterocycles. The fourth-order valence-electron chi connectivity index (χ4n) is 2.58. The Labute approximate surface area is 110 Å². The lowest BCUT2D eigenvalue weighted by Gasteiger charge is -2.08. The molecule has 1 aromatic heterocycles. The van der Waals surface area contributed by atoms with Crippen LogP contribution in [0.2, 0.25) is 0 Å². The Morgan fingerprint density at radius 2 is 2.17 bits per heavy atom. The second kappa shape index (κ2) is 6.95. The lowest BCUT2D eigenvalue weighted by atomic mass is 10.1. The maximum Gasteiger partial charge on any atom is 0.130 e. The second-order valence-electron chi connectivity index (χ2n) is 5.26. The zero-order valence-electron chi connectivity index (χ0n) is 11.6. The van der Waals surface area contributed by atoms with E-state index < -0.39 is 0 Å². The lowest BCUT2D eigenvalue weighted by molar-refractivity contribution is 0.0764. The van der Waals surface area contributed by atoms with Gasteiger partial charge in [0.25, 0.3) is 0 Å². The van der Waals surface area contributed by atoms with E-state index in [1.165, 1.54) is 31.2 Å². The average molecular weight is 251 g/mol. The minimum absolute atomic E-state index is 0.615. The molecule has 2 rings (SSSR count). The van der Waals surface area contributed by atoms with Gasteiger partial charge in [-0.2, -0.15) is 0 Å². The first-order valence-electron chi connectivity index (χ1n) is 7.16. The van der Waals surface area contributed by atoms with E-state index in [4.69, 9.17) is 9.15 Å². The summed E-state index contributed by atoms with van der Waals surface area (Å²) in [5.41, 5.74) is 1.22. The summed E-state index contributed by atoms with van der Waals surface area (Å²) >= 11 is 0. The first-order chi connectivity index (χ1) is 8.79. The molecule has 0 aromatic carbocycles. The smallest absolute Gasteiger partial charge is 0.130 e. The van der Waals surface area contributed by atoms with Crippen molar-refractivity contribution in [2.75, 3.05) is 13.2 Å². The van der Waals surface area contributed by atoms with Crippen molar-refractivity contribution in [2.24, 2.45) is 5.92 Å². The third-order valence-corrected chi connectivity index (χ3v) is 3.68. The molecule has 0 unspecified atom stereocenters. The predicted molar refractivity (Wildman–Crippen MR) is 72.4 cm³/mol. The van der Waals surface area contributed by atoms with Crippen LogP contribution >= 0.6 is 0 Å². The molecule has 0 aliphatic heterocycles. The fourth-order valence-corrected chi connectivity index (χ4v) is 2.58. The first kappa shape index (κ1) is 13.6. The van der Waals surface area contributed by atoms with E-state index in [2.05, 4.69) is 25.2 Å². The van der Waals surface area contributed by atoms with Crippen LogP contribution in [0, 0.1) is 12.8 Å². The van der Waals surface area contributed by atoms with Crippen LogP contribution in [0.1, 0.15) is 49.7 Å². The number of aryl methyl sites for hydroxylation is 1. The van der Waals surface area contributed by atoms with Crippen molar-refractivity contribution in [2.45, 2.75) is 52.7 Å². The standard InChI is InChI=1S/C15H25NO2/c1-3-16-9-15-12(2)8-14(18-15)11-17-10-13-6-4-5-7-13/h8,13,16H,3-7,9-11H2,1-2H3. The van der Waals surface area contributed by atoms with Crippen molar-refractivity contribution in [3.8, 4) is 0 Å². The zero-order valence-corrected chi connectivity index (χ0v) is 11.6. The molecule has 1 saturated carbocycles. The summed E-state index contributed by atoms with van der Waals surface area (Å²) in [7, 11) is 0. The van der Waals surface area contributed by atoms with Crippen molar-refractivity contribution < 1.29 is 9.15 Å². The van der Waals surface area contributed by atoms with Gasteiger partial charge >= 0.3 is 0 Å². The topological polar surface area (TPSA) is 34.4 Å². The Morgan fingerprint density at radius 1 is 1.39 bits per heavy atom. The maximum atomic E-state index is 5.79. The summed E-state index contributed by atoms with van der Waals surface area (Å²) < 4.78 is 11.6. The van der Waals surface area contributed by atoms with Gasteiger partial charge in [0, 0.05) is 6.61 Å². The van der Waals surface area contributed by atoms with E-state index in [0.717, 1.165) is 37.1 Å². The molecule has 1 N–H and O–H groups in total. The SMILES string of the molecule is CCNCc1oc(COCC2CCCC2)cc1C. The Kier molecular flexibility index (Phi) is 5.26. The molecule has 1 fully saturated rings. The molecule has 3 heteroatoms. The number of rotatable bonds is 7. The number of ether oxygens (including phenoxy) is 1. The molecule has 0 atom stereocenters. The molecule has 0 spiro atoms. The van der Waals surface area contributed by atoms with E-state index in [-0.39, 0.29) is 0 Å². The van der Waals surface area contributed by atoms with Crippen LogP contribution in [0.15, 0.2) is 10.5 Å². The molecule has 1 aliphatic rings. The molecule has 18 heavy (non-hydrogen) atoms. The van der Waals surface area contributed by atoms with Gasteiger partial charge in [0.05, 0.1) is 6.54 Å². The molecule has 0 saturated heterocycles. The van der Waals surface area contributed by atoms with E-state index in [0.29, 0.717) is 6.61 Å². The van der Waals surface area contributed by atoms with Crippen LogP contribution < -0.4 is 5.32 Å². The Morgan fingerprint density at radius 3 is 2.89 bits per heavy atom. The molecule has 1 aromatic rings. The van der Waals surface area contributed by atoms with Crippen molar-refractivity contribution in [1.82, 2.24) is 5.32 Å². The largest absolute Gasteiger partial charge is 0.462 e. The van der Waals surface area contributed by atoms with Gasteiger partial charge in [-0.1, -0.05) is 19.8 Å². The highest BCUT2D eigenvalue weighted by molar-refractivity contribution is 5.19. The number of furan rings is 1. The highest BCUT2D eigenvalue weighted by Crippen LogP contribution is 2.25. The van der Waals surface area contributed by atoms with Gasteiger partial charge in [0.2, 0.25) is 0 Å². The summed E-state index contributed by atoms with van der Waals surface area (Å²) in [6.07, 6.45) is 5.42. The highest BCUT2D eigenvalue weighted by Gasteiger charge is 2.15. The third-order valence-electron chi connectivity index (χ3n) is 3.68. The van der Waals surface area contributed by atoms with Crippen LogP contribution in [0.25, 0.3) is 0 Å². The van der Waals surface area contributed by atoms with Crippen LogP contribution in [0.3, 0.4) is 0 Å². The molecule has 0 bridgehead atoms. The number of hydrogen-bond donors (Lipinski definition) is 1. The quantitative estimate of drug-likeness (QED) is 0.806. The summed E-state index contributed by atoms with van der Waals surface area (Å²) in [4.78, 5) is 0. The van der Waals surface area contributed by atoms with Gasteiger partial charge in [0.1, 0.15) is 18.1 Å². The van der Waals surface area contributed by atoms with Crippen LogP contribution in [0.4, 0.5) is 0 Å². The van der Waals surface area contributed by atoms with E-state index >= 15 is 0 Å². The van der Waals surface area contributed by atoms with Gasteiger partial charge in [-0.15, -0.1) is 0 Å². The van der Waals surface area contributed by atoms with E-state index in [9.17, 15) is 0 Å². The molecule has 0 amide bonds. The third kappa shape index (κ3) is 3.85. The number of hydrogen-bond acceptors (Lipinski definition) is 3. The van der Waals surface area contributed by atoms with Crippen molar-refractivity contribution in [3.05, 3.63) is 23.2 Å². The molecular weight excluding hydrogens is 226 g/mol. The van der Waals surface area contributed by atoms with Gasteiger partial charge in [-0.25, -0.2) is 0 Å². The van der Waals surface area contributed by atoms with Crippen molar-refractivity contribution in [1.29, 1.82) is 0 Å². The predicted octanol–water partition coefficient (Wildman–Crippen LogP) is 3.40. The number of nitrogens with one attached hydrogen (secondary N) is 1. The van der Waals surface area contributed by atoms with Crippen LogP contribution in [-0.2, 0) is 17.9 Å². The summed E-state index contributed by atoms with van der Waals surface area (Å²) in [6, 6.07) is 2.10. The molecule has 3 nitrogen and oxygen atoms in total. The van der Waals surface area contributed by atoms with Crippen molar-refractivity contribution in [3.63, 3.8) is 0 Å². The molecule has 0 radical (unpaired) electrons. The summed E-state index contributed by atoms with van der Waals surface area (Å²) in [5, 5.41) is 3.28. The normalized spacial score (nSPS) is 16.6. The van der Waals surface area contributed by atoms with Crippen molar-refractivity contribution >= 4 is 0 Å². The van der Waals surface area contributed by atoms with Gasteiger partial charge in [0.15, 0.2) is 0 Å². The Bertz CT molecular complexity index is 353. The highest BCUT2D eigenvalue weighted by atomic mass is 16.5. The molecule has 102 valence electrons. The van der Waals surface area contributed by atoms with Crippen LogP contribution in [-0.4, -0.2) is 13.2 Å². The summed E-state index contributed by atoms with van der Waals surface area (Å²) in [6.45, 7) is 7.48. The van der Waals surface area contributed by atoms with Gasteiger partial charge in [-0.05, 0) is 43.9 Å². The van der Waals surface area contributed by atoms with Gasteiger partial charge in [-0.3, -0.25) is 0 Å².